The van der Waals surface area contributed by atoms with Gasteiger partial charge in [0.1, 0.15) is 6.61 Å². The van der Waals surface area contributed by atoms with E-state index in [-0.39, 0.29) is 36.7 Å². The SMILES string of the molecule is CC[C@@]1(OC(C)=O)C(=O)OCc2c1cc1n(c2=O)Cc2c-1nc1cccc3c1c2N(CCc1cccnc1)C(=O)N3. The Labute approximate surface area is 233 Å². The summed E-state index contributed by atoms with van der Waals surface area (Å²) in [4.78, 5) is 63.3. The molecule has 1 aromatic carbocycles. The van der Waals surface area contributed by atoms with Gasteiger partial charge in [-0.2, -0.15) is 0 Å². The number of carbonyl (C=O) groups is 3. The third kappa shape index (κ3) is 3.58. The number of cyclic esters (lactones) is 1. The first-order valence-corrected chi connectivity index (χ1v) is 13.4. The van der Waals surface area contributed by atoms with E-state index >= 15 is 0 Å². The highest BCUT2D eigenvalue weighted by Crippen LogP contribution is 2.47. The van der Waals surface area contributed by atoms with Crippen molar-refractivity contribution in [1.29, 1.82) is 0 Å². The van der Waals surface area contributed by atoms with Crippen molar-refractivity contribution in [3.63, 3.8) is 0 Å². The Balaban J connectivity index is 1.44. The molecule has 0 radical (unpaired) electrons. The molecule has 3 aliphatic rings. The van der Waals surface area contributed by atoms with Crippen LogP contribution in [0.4, 0.5) is 16.2 Å². The molecule has 1 N–H and O–H groups in total. The number of esters is 2. The van der Waals surface area contributed by atoms with Crippen LogP contribution in [-0.4, -0.2) is 39.0 Å². The van der Waals surface area contributed by atoms with Crippen molar-refractivity contribution in [2.45, 2.75) is 45.4 Å². The van der Waals surface area contributed by atoms with Gasteiger partial charge in [-0.15, -0.1) is 0 Å². The van der Waals surface area contributed by atoms with E-state index in [4.69, 9.17) is 14.5 Å². The molecule has 4 aromatic rings. The highest BCUT2D eigenvalue weighted by molar-refractivity contribution is 6.19. The molecule has 1 atom stereocenters. The number of carbonyl (C=O) groups excluding carboxylic acids is 3. The zero-order valence-electron chi connectivity index (χ0n) is 22.4. The summed E-state index contributed by atoms with van der Waals surface area (Å²) in [5.41, 5.74) is 3.23. The summed E-state index contributed by atoms with van der Waals surface area (Å²) in [6, 6.07) is 10.8. The summed E-state index contributed by atoms with van der Waals surface area (Å²) in [5.74, 6) is -1.37. The number of pyridine rings is 3. The summed E-state index contributed by atoms with van der Waals surface area (Å²) in [6.45, 7) is 3.26. The summed E-state index contributed by atoms with van der Waals surface area (Å²) in [5, 5.41) is 3.78. The number of nitrogens with one attached hydrogen (secondary N) is 1. The zero-order chi connectivity index (χ0) is 28.5. The molecule has 3 aliphatic heterocycles. The van der Waals surface area contributed by atoms with Crippen molar-refractivity contribution < 1.29 is 23.9 Å². The lowest BCUT2D eigenvalue weighted by atomic mass is 9.85. The summed E-state index contributed by atoms with van der Waals surface area (Å²) >= 11 is 0. The predicted octanol–water partition coefficient (Wildman–Crippen LogP) is 3.64. The highest BCUT2D eigenvalue weighted by Gasteiger charge is 2.50. The molecule has 11 nitrogen and oxygen atoms in total. The number of nitrogens with zero attached hydrogens (tertiary/aromatic N) is 4. The number of aromatic nitrogens is 3. The molecule has 0 fully saturated rings. The maximum atomic E-state index is 13.9. The van der Waals surface area contributed by atoms with E-state index in [2.05, 4.69) is 10.3 Å². The van der Waals surface area contributed by atoms with Gasteiger partial charge in [-0.3, -0.25) is 19.5 Å². The molecule has 0 saturated heterocycles. The molecule has 0 unspecified atom stereocenters. The fraction of sp³-hybridized carbons (Fsp3) is 0.267. The summed E-state index contributed by atoms with van der Waals surface area (Å²) < 4.78 is 12.5. The topological polar surface area (TPSA) is 133 Å². The number of benzene rings is 1. The Morgan fingerprint density at radius 3 is 2.78 bits per heavy atom. The van der Waals surface area contributed by atoms with Crippen LogP contribution in [-0.2, 0) is 44.2 Å². The average Bonchev–Trinajstić information content (AvgIpc) is 3.33. The van der Waals surface area contributed by atoms with Crippen LogP contribution < -0.4 is 15.8 Å². The highest BCUT2D eigenvalue weighted by atomic mass is 16.6. The zero-order valence-corrected chi connectivity index (χ0v) is 22.4. The molecule has 7 rings (SSSR count). The van der Waals surface area contributed by atoms with Crippen LogP contribution in [0.25, 0.3) is 22.3 Å². The second-order valence-electron chi connectivity index (χ2n) is 10.3. The van der Waals surface area contributed by atoms with Crippen LogP contribution in [0.15, 0.2) is 53.6 Å². The molecule has 0 saturated carbocycles. The molecule has 0 bridgehead atoms. The van der Waals surface area contributed by atoms with E-state index in [1.807, 2.05) is 30.3 Å². The molecule has 41 heavy (non-hydrogen) atoms. The van der Waals surface area contributed by atoms with E-state index in [1.165, 1.54) is 6.92 Å². The van der Waals surface area contributed by atoms with Crippen molar-refractivity contribution in [2.75, 3.05) is 16.8 Å². The van der Waals surface area contributed by atoms with Crippen LogP contribution in [0.5, 0.6) is 0 Å². The standard InChI is InChI=1S/C30H25N5O6/c1-3-30(41-16(2)36)20-12-23-25-18(14-35(23)27(37)19(20)15-40-28(30)38)26-24-21(32-25)7-4-8-22(24)33-29(39)34(26)11-9-17-6-5-10-31-13-17/h4-8,10,12-13H,3,9,11,14-15H2,1-2H3,(H,33,39)/t30-/m0/s1. The van der Waals surface area contributed by atoms with E-state index in [9.17, 15) is 19.2 Å². The molecule has 11 heteroatoms. The molecular formula is C30H25N5O6. The monoisotopic (exact) mass is 551 g/mol. The van der Waals surface area contributed by atoms with Gasteiger partial charge in [-0.05, 0) is 42.7 Å². The number of fused-ring (bicyclic) bond motifs is 5. The van der Waals surface area contributed by atoms with Crippen LogP contribution in [0, 0.1) is 0 Å². The van der Waals surface area contributed by atoms with Crippen molar-refractivity contribution in [3.05, 3.63) is 81.4 Å². The van der Waals surface area contributed by atoms with Crippen LogP contribution in [0.2, 0.25) is 0 Å². The smallest absolute Gasteiger partial charge is 0.355 e. The Morgan fingerprint density at radius 1 is 1.17 bits per heavy atom. The van der Waals surface area contributed by atoms with Crippen molar-refractivity contribution in [2.24, 2.45) is 0 Å². The van der Waals surface area contributed by atoms with Crippen molar-refractivity contribution in [3.8, 4) is 11.4 Å². The van der Waals surface area contributed by atoms with Crippen molar-refractivity contribution >= 4 is 40.2 Å². The first-order chi connectivity index (χ1) is 19.8. The Hall–Kier alpha value is -5.06. The Bertz CT molecular complexity index is 1870. The van der Waals surface area contributed by atoms with Crippen molar-refractivity contribution in [1.82, 2.24) is 14.5 Å². The molecule has 3 aromatic heterocycles. The van der Waals surface area contributed by atoms with Crippen LogP contribution in [0.1, 0.15) is 42.5 Å². The molecule has 0 spiro atoms. The number of ether oxygens (including phenoxy) is 2. The van der Waals surface area contributed by atoms with Gasteiger partial charge in [0.2, 0.25) is 5.60 Å². The van der Waals surface area contributed by atoms with Gasteiger partial charge in [-0.1, -0.05) is 19.1 Å². The lowest BCUT2D eigenvalue weighted by Crippen LogP contribution is -2.47. The van der Waals surface area contributed by atoms with Crippen LogP contribution in [0.3, 0.4) is 0 Å². The number of hydrogen-bond donors (Lipinski definition) is 1. The van der Waals surface area contributed by atoms with Gasteiger partial charge in [0.25, 0.3) is 5.56 Å². The summed E-state index contributed by atoms with van der Waals surface area (Å²) in [6.07, 6.45) is 4.14. The largest absolute Gasteiger partial charge is 0.457 e. The van der Waals surface area contributed by atoms with Gasteiger partial charge in [0.15, 0.2) is 0 Å². The minimum atomic E-state index is -1.73. The molecule has 206 valence electrons. The molecular weight excluding hydrogens is 526 g/mol. The first kappa shape index (κ1) is 24.9. The number of amides is 2. The average molecular weight is 552 g/mol. The predicted molar refractivity (Wildman–Crippen MR) is 148 cm³/mol. The minimum absolute atomic E-state index is 0.0935. The Morgan fingerprint density at radius 2 is 2.02 bits per heavy atom. The third-order valence-electron chi connectivity index (χ3n) is 8.07. The number of rotatable bonds is 5. The van der Waals surface area contributed by atoms with Gasteiger partial charge < -0.3 is 19.4 Å². The molecule has 0 aliphatic carbocycles. The molecule has 2 amide bonds. The normalized spacial score (nSPS) is 18.3. The van der Waals surface area contributed by atoms with Crippen LogP contribution >= 0.6 is 0 Å². The second kappa shape index (κ2) is 8.98. The lowest BCUT2D eigenvalue weighted by Gasteiger charge is -2.35. The number of urea groups is 1. The quantitative estimate of drug-likeness (QED) is 0.328. The minimum Gasteiger partial charge on any atom is -0.457 e. The second-order valence-corrected chi connectivity index (χ2v) is 10.3. The maximum absolute atomic E-state index is 13.9. The fourth-order valence-corrected chi connectivity index (χ4v) is 6.19. The van der Waals surface area contributed by atoms with E-state index in [0.717, 1.165) is 16.5 Å². The van der Waals surface area contributed by atoms with Gasteiger partial charge in [0, 0.05) is 42.4 Å². The number of anilines is 2. The first-order valence-electron chi connectivity index (χ1n) is 13.4. The third-order valence-corrected chi connectivity index (χ3v) is 8.07. The maximum Gasteiger partial charge on any atom is 0.355 e. The number of hydrogen-bond acceptors (Lipinski definition) is 8. The van der Waals surface area contributed by atoms with Gasteiger partial charge in [-0.25, -0.2) is 14.6 Å². The van der Waals surface area contributed by atoms with E-state index in [1.54, 1.807) is 34.9 Å². The van der Waals surface area contributed by atoms with Gasteiger partial charge >= 0.3 is 18.0 Å². The van der Waals surface area contributed by atoms with Gasteiger partial charge in [0.05, 0.1) is 40.4 Å². The van der Waals surface area contributed by atoms with E-state index < -0.39 is 17.5 Å². The fourth-order valence-electron chi connectivity index (χ4n) is 6.19. The molecule has 6 heterocycles. The Kier molecular flexibility index (Phi) is 5.46. The summed E-state index contributed by atoms with van der Waals surface area (Å²) in [7, 11) is 0. The lowest BCUT2D eigenvalue weighted by molar-refractivity contribution is -0.188. The van der Waals surface area contributed by atoms with E-state index in [0.29, 0.717) is 46.8 Å².